The highest BCUT2D eigenvalue weighted by Gasteiger charge is 2.37. The van der Waals surface area contributed by atoms with Crippen LogP contribution in [0.4, 0.5) is 17.1 Å². The Morgan fingerprint density at radius 1 is 0.625 bits per heavy atom. The molecule has 4 heterocycles. The van der Waals surface area contributed by atoms with Crippen LogP contribution in [0.15, 0.2) is 79.4 Å². The molecule has 7 nitrogen and oxygen atoms in total. The van der Waals surface area contributed by atoms with Gasteiger partial charge in [-0.2, -0.15) is 0 Å². The van der Waals surface area contributed by atoms with Gasteiger partial charge in [-0.15, -0.1) is 20.4 Å². The molecule has 0 amide bonds. The molecule has 32 heavy (non-hydrogen) atoms. The van der Waals surface area contributed by atoms with Gasteiger partial charge in [0.05, 0.1) is 28.1 Å². The molecule has 0 saturated carbocycles. The highest BCUT2D eigenvalue weighted by molar-refractivity contribution is 6.00. The van der Waals surface area contributed by atoms with Gasteiger partial charge in [0.1, 0.15) is 12.7 Å². The average Bonchev–Trinajstić information content (AvgIpc) is 3.49. The minimum atomic E-state index is -0.109. The minimum Gasteiger partial charge on any atom is -0.308 e. The highest BCUT2D eigenvalue weighted by Crippen LogP contribution is 2.52. The molecule has 0 spiro atoms. The normalized spacial score (nSPS) is 14.8. The van der Waals surface area contributed by atoms with E-state index in [0.717, 1.165) is 16.7 Å². The topological polar surface area (TPSA) is 63.6 Å². The molecule has 0 saturated heterocycles. The van der Waals surface area contributed by atoms with Crippen molar-refractivity contribution in [2.45, 2.75) is 19.3 Å². The Bertz CT molecular complexity index is 1630. The van der Waals surface area contributed by atoms with Gasteiger partial charge in [-0.05, 0) is 35.4 Å². The first kappa shape index (κ1) is 17.4. The van der Waals surface area contributed by atoms with Crippen LogP contribution in [0.1, 0.15) is 25.0 Å². The first-order valence-electron chi connectivity index (χ1n) is 10.6. The molecule has 0 bridgehead atoms. The maximum atomic E-state index is 4.34. The Labute approximate surface area is 183 Å². The smallest absolute Gasteiger partial charge is 0.206 e. The molecular weight excluding hydrogens is 398 g/mol. The van der Waals surface area contributed by atoms with E-state index in [4.69, 9.17) is 0 Å². The van der Waals surface area contributed by atoms with E-state index >= 15 is 0 Å². The lowest BCUT2D eigenvalue weighted by Crippen LogP contribution is -2.30. The number of anilines is 3. The van der Waals surface area contributed by atoms with Crippen LogP contribution in [0.3, 0.4) is 0 Å². The van der Waals surface area contributed by atoms with Gasteiger partial charge in [-0.1, -0.05) is 56.3 Å². The highest BCUT2D eigenvalue weighted by atomic mass is 15.3. The molecule has 1 aliphatic heterocycles. The summed E-state index contributed by atoms with van der Waals surface area (Å²) in [5.41, 5.74) is 9.25. The Kier molecular flexibility index (Phi) is 3.22. The summed E-state index contributed by atoms with van der Waals surface area (Å²) in [6, 6.07) is 23.6. The Balaban J connectivity index is 1.66. The Morgan fingerprint density at radius 2 is 1.19 bits per heavy atom. The average molecular weight is 417 g/mol. The first-order chi connectivity index (χ1) is 15.7. The fraction of sp³-hybridized carbons (Fsp3) is 0.120. The number of nitrogens with zero attached hydrogens (tertiary/aromatic N) is 7. The molecule has 0 N–H and O–H groups in total. The van der Waals surface area contributed by atoms with E-state index < -0.39 is 0 Å². The lowest BCUT2D eigenvalue weighted by Gasteiger charge is -2.42. The van der Waals surface area contributed by atoms with E-state index in [1.165, 1.54) is 22.5 Å². The number of rotatable bonds is 1. The number of benzene rings is 3. The van der Waals surface area contributed by atoms with Gasteiger partial charge >= 0.3 is 0 Å². The largest absolute Gasteiger partial charge is 0.308 e. The van der Waals surface area contributed by atoms with Crippen molar-refractivity contribution in [3.63, 3.8) is 0 Å². The molecule has 0 unspecified atom stereocenters. The molecule has 7 heteroatoms. The summed E-state index contributed by atoms with van der Waals surface area (Å²) in [5, 5.41) is 16.9. The number of fused-ring (bicyclic) bond motifs is 8. The van der Waals surface area contributed by atoms with Crippen LogP contribution in [0, 0.1) is 0 Å². The maximum absolute atomic E-state index is 4.34. The molecule has 6 aromatic rings. The molecule has 0 atom stereocenters. The van der Waals surface area contributed by atoms with Crippen LogP contribution in [0.5, 0.6) is 0 Å². The minimum absolute atomic E-state index is 0.109. The van der Waals surface area contributed by atoms with E-state index in [-0.39, 0.29) is 5.41 Å². The van der Waals surface area contributed by atoms with E-state index in [1.54, 1.807) is 12.7 Å². The molecule has 7 rings (SSSR count). The second-order valence-corrected chi connectivity index (χ2v) is 8.69. The van der Waals surface area contributed by atoms with Crippen LogP contribution in [-0.2, 0) is 5.41 Å². The van der Waals surface area contributed by atoms with Gasteiger partial charge in [0, 0.05) is 5.41 Å². The van der Waals surface area contributed by atoms with Gasteiger partial charge in [-0.3, -0.25) is 8.80 Å². The second-order valence-electron chi connectivity index (χ2n) is 8.69. The molecule has 1 aliphatic rings. The number of aromatic nitrogens is 6. The summed E-state index contributed by atoms with van der Waals surface area (Å²) in [7, 11) is 0. The molecule has 3 aromatic carbocycles. The van der Waals surface area contributed by atoms with Gasteiger partial charge in [0.2, 0.25) is 11.3 Å². The maximum Gasteiger partial charge on any atom is 0.206 e. The Hall–Kier alpha value is -4.26. The van der Waals surface area contributed by atoms with E-state index in [0.29, 0.717) is 11.3 Å². The van der Waals surface area contributed by atoms with Crippen molar-refractivity contribution in [1.29, 1.82) is 0 Å². The van der Waals surface area contributed by atoms with Crippen LogP contribution < -0.4 is 4.90 Å². The molecule has 0 radical (unpaired) electrons. The van der Waals surface area contributed by atoms with Gasteiger partial charge in [0.25, 0.3) is 0 Å². The number of para-hydroxylation sites is 3. The number of hydrogen-bond donors (Lipinski definition) is 0. The number of hydrogen-bond acceptors (Lipinski definition) is 5. The quantitative estimate of drug-likeness (QED) is 0.375. The molecule has 0 fully saturated rings. The van der Waals surface area contributed by atoms with Gasteiger partial charge in [-0.25, -0.2) is 0 Å². The van der Waals surface area contributed by atoms with Crippen molar-refractivity contribution in [3.8, 4) is 0 Å². The first-order valence-corrected chi connectivity index (χ1v) is 10.6. The van der Waals surface area contributed by atoms with Crippen molar-refractivity contribution in [2.24, 2.45) is 0 Å². The van der Waals surface area contributed by atoms with Crippen LogP contribution in [0.25, 0.3) is 22.3 Å². The third-order valence-corrected chi connectivity index (χ3v) is 6.67. The third-order valence-electron chi connectivity index (χ3n) is 6.67. The third kappa shape index (κ3) is 2.05. The SMILES string of the molecule is CC1(C)c2ccccc2N(c2cccc3c2n2cnnc2c2nncn32)c2ccccc21. The molecule has 3 aromatic heterocycles. The van der Waals surface area contributed by atoms with Gasteiger partial charge in [0.15, 0.2) is 0 Å². The molecular formula is C25H19N7. The Morgan fingerprint density at radius 3 is 1.88 bits per heavy atom. The van der Waals surface area contributed by atoms with Crippen molar-refractivity contribution < 1.29 is 0 Å². The van der Waals surface area contributed by atoms with Crippen molar-refractivity contribution in [3.05, 3.63) is 90.5 Å². The predicted molar refractivity (Wildman–Crippen MR) is 124 cm³/mol. The monoisotopic (exact) mass is 417 g/mol. The summed E-state index contributed by atoms with van der Waals surface area (Å²) < 4.78 is 3.99. The lowest BCUT2D eigenvalue weighted by atomic mass is 9.73. The van der Waals surface area contributed by atoms with E-state index in [2.05, 4.69) is 106 Å². The summed E-state index contributed by atoms with van der Waals surface area (Å²) in [6.45, 7) is 4.59. The fourth-order valence-electron chi connectivity index (χ4n) is 5.18. The molecule has 154 valence electrons. The summed E-state index contributed by atoms with van der Waals surface area (Å²) >= 11 is 0. The summed E-state index contributed by atoms with van der Waals surface area (Å²) in [5.74, 6) is 0. The second kappa shape index (κ2) is 5.91. The zero-order chi connectivity index (χ0) is 21.4. The summed E-state index contributed by atoms with van der Waals surface area (Å²) in [6.07, 6.45) is 3.48. The fourth-order valence-corrected chi connectivity index (χ4v) is 5.18. The van der Waals surface area contributed by atoms with Gasteiger partial charge < -0.3 is 4.90 Å². The zero-order valence-corrected chi connectivity index (χ0v) is 17.6. The predicted octanol–water partition coefficient (Wildman–Crippen LogP) is 5.03. The van der Waals surface area contributed by atoms with Crippen molar-refractivity contribution >= 4 is 39.4 Å². The van der Waals surface area contributed by atoms with Crippen LogP contribution in [0.2, 0.25) is 0 Å². The molecule has 0 aliphatic carbocycles. The standard InChI is InChI=1S/C25H19N7/c1-25(2)16-8-3-5-10-18(16)32(19-11-6-4-9-17(19)25)21-13-7-12-20-22(21)31-15-27-29-24(31)23-28-26-14-30(20)23/h3-15H,1-2H3. The summed E-state index contributed by atoms with van der Waals surface area (Å²) in [4.78, 5) is 2.36. The van der Waals surface area contributed by atoms with Crippen molar-refractivity contribution in [2.75, 3.05) is 4.90 Å². The van der Waals surface area contributed by atoms with E-state index in [1.807, 2.05) is 8.80 Å². The van der Waals surface area contributed by atoms with Crippen LogP contribution in [-0.4, -0.2) is 29.2 Å². The zero-order valence-electron chi connectivity index (χ0n) is 17.6. The van der Waals surface area contributed by atoms with Crippen molar-refractivity contribution in [1.82, 2.24) is 29.2 Å². The van der Waals surface area contributed by atoms with E-state index in [9.17, 15) is 0 Å². The lowest BCUT2D eigenvalue weighted by molar-refractivity contribution is 0.632. The van der Waals surface area contributed by atoms with Crippen LogP contribution >= 0.6 is 0 Å².